The Hall–Kier alpha value is -2.80. The van der Waals surface area contributed by atoms with Crippen molar-refractivity contribution in [3.8, 4) is 0 Å². The number of carbonyl (C=O) groups excluding carboxylic acids is 3. The number of hydrogen-bond acceptors (Lipinski definition) is 5. The highest BCUT2D eigenvalue weighted by Gasteiger charge is 2.39. The van der Waals surface area contributed by atoms with Gasteiger partial charge in [0.05, 0.1) is 5.92 Å². The van der Waals surface area contributed by atoms with Crippen LogP contribution in [0, 0.1) is 5.92 Å². The van der Waals surface area contributed by atoms with Gasteiger partial charge in [-0.3, -0.25) is 14.4 Å². The van der Waals surface area contributed by atoms with Gasteiger partial charge in [0.15, 0.2) is 0 Å². The second-order valence-corrected chi connectivity index (χ2v) is 8.50. The van der Waals surface area contributed by atoms with E-state index in [2.05, 4.69) is 5.32 Å². The Morgan fingerprint density at radius 3 is 2.60 bits per heavy atom. The fourth-order valence-corrected chi connectivity index (χ4v) is 3.96. The summed E-state index contributed by atoms with van der Waals surface area (Å²) in [4.78, 5) is 40.8. The molecule has 2 atom stereocenters. The molecule has 30 heavy (non-hydrogen) atoms. The Morgan fingerprint density at radius 1 is 1.13 bits per heavy atom. The van der Waals surface area contributed by atoms with E-state index in [1.165, 1.54) is 0 Å². The second kappa shape index (κ2) is 8.92. The number of nitrogens with one attached hydrogen (secondary N) is 1. The van der Waals surface area contributed by atoms with Gasteiger partial charge in [0.1, 0.15) is 0 Å². The predicted octanol–water partition coefficient (Wildman–Crippen LogP) is 3.32. The van der Waals surface area contributed by atoms with E-state index < -0.39 is 18.0 Å². The number of thioether (sulfide) groups is 1. The van der Waals surface area contributed by atoms with Gasteiger partial charge in [-0.15, -0.1) is 11.8 Å². The number of rotatable bonds is 7. The molecule has 0 bridgehead atoms. The SMILES string of the molecule is CSc1cccc(N2C[C@H](C(=O)O[C@H](C(=O)NC3CC3)c3ccccc3)CC2=O)c1. The molecule has 0 aromatic heterocycles. The summed E-state index contributed by atoms with van der Waals surface area (Å²) in [6.45, 7) is 0.251. The summed E-state index contributed by atoms with van der Waals surface area (Å²) in [5, 5.41) is 2.91. The van der Waals surface area contributed by atoms with Crippen LogP contribution in [-0.2, 0) is 19.1 Å². The van der Waals surface area contributed by atoms with Crippen molar-refractivity contribution in [3.63, 3.8) is 0 Å². The van der Waals surface area contributed by atoms with Crippen LogP contribution >= 0.6 is 11.8 Å². The first-order chi connectivity index (χ1) is 14.5. The number of anilines is 1. The zero-order chi connectivity index (χ0) is 21.1. The van der Waals surface area contributed by atoms with Crippen LogP contribution in [0.3, 0.4) is 0 Å². The monoisotopic (exact) mass is 424 g/mol. The van der Waals surface area contributed by atoms with Crippen molar-refractivity contribution in [2.24, 2.45) is 5.92 Å². The maximum Gasteiger partial charge on any atom is 0.312 e. The van der Waals surface area contributed by atoms with Crippen LogP contribution in [0.15, 0.2) is 59.5 Å². The van der Waals surface area contributed by atoms with Crippen LogP contribution in [0.1, 0.15) is 30.9 Å². The summed E-state index contributed by atoms with van der Waals surface area (Å²) in [5.41, 5.74) is 1.39. The largest absolute Gasteiger partial charge is 0.447 e. The van der Waals surface area contributed by atoms with Crippen LogP contribution < -0.4 is 10.2 Å². The average molecular weight is 425 g/mol. The third-order valence-electron chi connectivity index (χ3n) is 5.32. The summed E-state index contributed by atoms with van der Waals surface area (Å²) in [7, 11) is 0. The Morgan fingerprint density at radius 2 is 1.90 bits per heavy atom. The molecule has 2 aromatic rings. The van der Waals surface area contributed by atoms with Gasteiger partial charge >= 0.3 is 5.97 Å². The van der Waals surface area contributed by atoms with Gasteiger partial charge in [-0.05, 0) is 37.3 Å². The molecule has 2 aromatic carbocycles. The van der Waals surface area contributed by atoms with Gasteiger partial charge in [-0.1, -0.05) is 36.4 Å². The molecule has 6 nitrogen and oxygen atoms in total. The normalized spacial score (nSPS) is 19.4. The molecule has 1 aliphatic carbocycles. The molecule has 2 amide bonds. The molecule has 0 unspecified atom stereocenters. The smallest absolute Gasteiger partial charge is 0.312 e. The van der Waals surface area contributed by atoms with Crippen molar-refractivity contribution in [2.45, 2.75) is 36.3 Å². The highest BCUT2D eigenvalue weighted by atomic mass is 32.2. The van der Waals surface area contributed by atoms with E-state index in [4.69, 9.17) is 4.74 Å². The van der Waals surface area contributed by atoms with Crippen molar-refractivity contribution in [3.05, 3.63) is 60.2 Å². The number of ether oxygens (including phenoxy) is 1. The molecule has 0 radical (unpaired) electrons. The highest BCUT2D eigenvalue weighted by Crippen LogP contribution is 2.30. The van der Waals surface area contributed by atoms with Gasteiger partial charge in [0.2, 0.25) is 12.0 Å². The predicted molar refractivity (Wildman–Crippen MR) is 115 cm³/mol. The van der Waals surface area contributed by atoms with Gasteiger partial charge in [0.25, 0.3) is 5.91 Å². The Balaban J connectivity index is 1.47. The van der Waals surface area contributed by atoms with E-state index in [0.29, 0.717) is 5.56 Å². The molecular formula is C23H24N2O4S. The zero-order valence-corrected chi connectivity index (χ0v) is 17.6. The molecule has 2 aliphatic rings. The lowest BCUT2D eigenvalue weighted by molar-refractivity contribution is -0.160. The van der Waals surface area contributed by atoms with Gasteiger partial charge in [-0.25, -0.2) is 0 Å². The van der Waals surface area contributed by atoms with Crippen LogP contribution in [0.25, 0.3) is 0 Å². The lowest BCUT2D eigenvalue weighted by atomic mass is 10.1. The molecule has 4 rings (SSSR count). The molecule has 1 aliphatic heterocycles. The molecule has 0 spiro atoms. The maximum atomic E-state index is 12.9. The molecular weight excluding hydrogens is 400 g/mol. The summed E-state index contributed by atoms with van der Waals surface area (Å²) in [5.74, 6) is -1.55. The Kier molecular flexibility index (Phi) is 6.08. The summed E-state index contributed by atoms with van der Waals surface area (Å²) in [6, 6.07) is 16.8. The molecule has 1 saturated heterocycles. The number of carbonyl (C=O) groups is 3. The minimum atomic E-state index is -1.01. The van der Waals surface area contributed by atoms with Crippen molar-refractivity contribution in [1.29, 1.82) is 0 Å². The summed E-state index contributed by atoms with van der Waals surface area (Å²) >= 11 is 1.60. The zero-order valence-electron chi connectivity index (χ0n) is 16.7. The summed E-state index contributed by atoms with van der Waals surface area (Å²) < 4.78 is 5.65. The standard InChI is InChI=1S/C23H24N2O4S/c1-30-19-9-5-8-18(13-19)25-14-16(12-20(25)26)23(28)29-21(15-6-3-2-4-7-15)22(27)24-17-10-11-17/h2-9,13,16-17,21H,10-12,14H2,1H3,(H,24,27)/t16-,21+/m1/s1. The minimum absolute atomic E-state index is 0.0775. The van der Waals surface area contributed by atoms with Gasteiger partial charge in [-0.2, -0.15) is 0 Å². The van der Waals surface area contributed by atoms with E-state index in [-0.39, 0.29) is 30.8 Å². The molecule has 1 heterocycles. The van der Waals surface area contributed by atoms with Gasteiger partial charge in [0, 0.05) is 35.2 Å². The molecule has 7 heteroatoms. The Bertz CT molecular complexity index is 945. The highest BCUT2D eigenvalue weighted by molar-refractivity contribution is 7.98. The van der Waals surface area contributed by atoms with E-state index >= 15 is 0 Å². The van der Waals surface area contributed by atoms with Crippen LogP contribution in [-0.4, -0.2) is 36.6 Å². The fraction of sp³-hybridized carbons (Fsp3) is 0.348. The van der Waals surface area contributed by atoms with Crippen molar-refractivity contribution >= 4 is 35.2 Å². The molecule has 2 fully saturated rings. The lowest BCUT2D eigenvalue weighted by Crippen LogP contribution is -2.35. The first-order valence-electron chi connectivity index (χ1n) is 10.1. The minimum Gasteiger partial charge on any atom is -0.447 e. The molecule has 1 N–H and O–H groups in total. The number of hydrogen-bond donors (Lipinski definition) is 1. The van der Waals surface area contributed by atoms with Crippen LogP contribution in [0.2, 0.25) is 0 Å². The van der Waals surface area contributed by atoms with Crippen LogP contribution in [0.5, 0.6) is 0 Å². The van der Waals surface area contributed by atoms with Crippen molar-refractivity contribution < 1.29 is 19.1 Å². The van der Waals surface area contributed by atoms with E-state index in [1.54, 1.807) is 40.9 Å². The number of esters is 1. The molecule has 1 saturated carbocycles. The van der Waals surface area contributed by atoms with E-state index in [0.717, 1.165) is 23.4 Å². The number of amides is 2. The first kappa shape index (κ1) is 20.5. The average Bonchev–Trinajstić information content (AvgIpc) is 3.50. The lowest BCUT2D eigenvalue weighted by Gasteiger charge is -2.20. The van der Waals surface area contributed by atoms with Crippen LogP contribution in [0.4, 0.5) is 5.69 Å². The third-order valence-corrected chi connectivity index (χ3v) is 6.05. The summed E-state index contributed by atoms with van der Waals surface area (Å²) in [6.07, 6.45) is 2.93. The third kappa shape index (κ3) is 4.67. The quantitative estimate of drug-likeness (QED) is 0.545. The first-order valence-corrected chi connectivity index (χ1v) is 11.3. The molecule has 156 valence electrons. The number of benzene rings is 2. The van der Waals surface area contributed by atoms with E-state index in [1.807, 2.05) is 36.6 Å². The van der Waals surface area contributed by atoms with Crippen molar-refractivity contribution in [2.75, 3.05) is 17.7 Å². The Labute approximate surface area is 180 Å². The second-order valence-electron chi connectivity index (χ2n) is 7.62. The topological polar surface area (TPSA) is 75.7 Å². The van der Waals surface area contributed by atoms with Gasteiger partial charge < -0.3 is 15.0 Å². The van der Waals surface area contributed by atoms with E-state index in [9.17, 15) is 14.4 Å². The van der Waals surface area contributed by atoms with Crippen molar-refractivity contribution in [1.82, 2.24) is 5.32 Å². The maximum absolute atomic E-state index is 12.9. The fourth-order valence-electron chi connectivity index (χ4n) is 3.51. The number of nitrogens with zero attached hydrogens (tertiary/aromatic N) is 1.